The molecule has 0 aromatic heterocycles. The Kier molecular flexibility index (Phi) is 12.6. The molecule has 1 aliphatic rings. The van der Waals surface area contributed by atoms with Crippen LogP contribution in [0.25, 0.3) is 10.8 Å². The molecule has 0 radical (unpaired) electrons. The molecule has 0 bridgehead atoms. The van der Waals surface area contributed by atoms with E-state index in [2.05, 4.69) is 10.6 Å². The van der Waals surface area contributed by atoms with E-state index in [4.69, 9.17) is 5.73 Å². The first-order chi connectivity index (χ1) is 22.5. The maximum Gasteiger partial charge on any atom is 0.289 e. The summed E-state index contributed by atoms with van der Waals surface area (Å²) >= 11 is 0. The van der Waals surface area contributed by atoms with E-state index in [-0.39, 0.29) is 37.4 Å². The van der Waals surface area contributed by atoms with Gasteiger partial charge in [-0.05, 0) is 46.6 Å². The normalized spacial score (nSPS) is 15.2. The lowest BCUT2D eigenvalue weighted by Gasteiger charge is -2.25. The number of hydrogen-bond donors (Lipinski definition) is 3. The van der Waals surface area contributed by atoms with Gasteiger partial charge in [0.1, 0.15) is 5.78 Å². The van der Waals surface area contributed by atoms with Crippen molar-refractivity contribution in [2.45, 2.75) is 71.3 Å². The lowest BCUT2D eigenvalue weighted by molar-refractivity contribution is -0.142. The number of carbonyl (C=O) groups excluding carboxylic acids is 6. The van der Waals surface area contributed by atoms with Crippen LogP contribution in [-0.4, -0.2) is 47.7 Å². The molecule has 4 rings (SSSR count). The Morgan fingerprint density at radius 1 is 0.809 bits per heavy atom. The molecule has 1 fully saturated rings. The summed E-state index contributed by atoms with van der Waals surface area (Å²) in [5, 5.41) is 7.22. The Bertz CT molecular complexity index is 1600. The molecule has 1 aliphatic carbocycles. The number of nitrogens with one attached hydrogen (secondary N) is 2. The van der Waals surface area contributed by atoms with Gasteiger partial charge in [0, 0.05) is 31.1 Å². The molecule has 248 valence electrons. The molecule has 4 N–H and O–H groups in total. The minimum absolute atomic E-state index is 0.0551. The van der Waals surface area contributed by atoms with Gasteiger partial charge in [0.25, 0.3) is 5.91 Å². The number of nitrogens with two attached hydrogens (primary N) is 1. The average molecular weight is 640 g/mol. The quantitative estimate of drug-likeness (QED) is 0.167. The number of Topliss-reactive ketones (excluding diaryl/α,β-unsaturated/α-hetero) is 3. The summed E-state index contributed by atoms with van der Waals surface area (Å²) in [6, 6.07) is 21.8. The van der Waals surface area contributed by atoms with Gasteiger partial charge in [-0.3, -0.25) is 28.8 Å². The predicted octanol–water partition coefficient (Wildman–Crippen LogP) is 4.28. The summed E-state index contributed by atoms with van der Waals surface area (Å²) in [6.45, 7) is 3.16. The molecule has 3 aromatic carbocycles. The highest BCUT2D eigenvalue weighted by Crippen LogP contribution is 2.36. The van der Waals surface area contributed by atoms with Crippen LogP contribution < -0.4 is 16.4 Å². The monoisotopic (exact) mass is 639 g/mol. The van der Waals surface area contributed by atoms with Crippen LogP contribution in [0.15, 0.2) is 72.8 Å². The van der Waals surface area contributed by atoms with Crippen LogP contribution in [0.1, 0.15) is 63.5 Å². The summed E-state index contributed by atoms with van der Waals surface area (Å²) < 4.78 is 0. The fourth-order valence-corrected chi connectivity index (χ4v) is 5.86. The van der Waals surface area contributed by atoms with Crippen molar-refractivity contribution in [1.82, 2.24) is 10.6 Å². The van der Waals surface area contributed by atoms with Gasteiger partial charge in [0.2, 0.25) is 17.6 Å². The van der Waals surface area contributed by atoms with Gasteiger partial charge < -0.3 is 16.4 Å². The number of benzene rings is 3. The van der Waals surface area contributed by atoms with E-state index >= 15 is 0 Å². The summed E-state index contributed by atoms with van der Waals surface area (Å²) in [6.07, 6.45) is 3.41. The number of carbonyl (C=O) groups is 6. The standard InChI is InChI=1S/C38H45N3O6/c1-3-24(2)34(41-37(46)31(17-26-13-14-26)22-32(42)20-25-9-5-4-6-10-25)35(44)38(47)40-23-33(43)21-30(36(39)45)19-27-15-16-28-11-7-8-12-29(28)18-27/h4-12,15-16,18,24,26,30-31,34H,3,13-14,17,19-23H2,1-2H3,(H2,39,45)(H,40,47)(H,41,46)/t24-,30+,31+,34?/m0/s1. The Morgan fingerprint density at radius 2 is 1.47 bits per heavy atom. The van der Waals surface area contributed by atoms with Gasteiger partial charge in [0.05, 0.1) is 12.6 Å². The number of fused-ring (bicyclic) bond motifs is 1. The van der Waals surface area contributed by atoms with E-state index in [0.717, 1.165) is 34.7 Å². The van der Waals surface area contributed by atoms with E-state index < -0.39 is 53.7 Å². The van der Waals surface area contributed by atoms with Gasteiger partial charge in [-0.2, -0.15) is 0 Å². The highest BCUT2D eigenvalue weighted by Gasteiger charge is 2.36. The molecule has 1 saturated carbocycles. The van der Waals surface area contributed by atoms with Crippen LogP contribution >= 0.6 is 0 Å². The highest BCUT2D eigenvalue weighted by molar-refractivity contribution is 6.38. The van der Waals surface area contributed by atoms with Crippen LogP contribution in [0.3, 0.4) is 0 Å². The molecule has 47 heavy (non-hydrogen) atoms. The maximum absolute atomic E-state index is 13.5. The van der Waals surface area contributed by atoms with E-state index in [1.165, 1.54) is 0 Å². The second-order valence-electron chi connectivity index (χ2n) is 12.9. The topological polar surface area (TPSA) is 152 Å². The molecule has 3 aromatic rings. The Balaban J connectivity index is 1.33. The molecular weight excluding hydrogens is 594 g/mol. The Labute approximate surface area is 276 Å². The lowest BCUT2D eigenvalue weighted by atomic mass is 9.90. The molecule has 0 aliphatic heterocycles. The molecule has 0 spiro atoms. The number of ketones is 3. The summed E-state index contributed by atoms with van der Waals surface area (Å²) in [4.78, 5) is 77.7. The van der Waals surface area contributed by atoms with E-state index in [1.807, 2.05) is 79.7 Å². The van der Waals surface area contributed by atoms with Crippen molar-refractivity contribution in [1.29, 1.82) is 0 Å². The van der Waals surface area contributed by atoms with Crippen molar-refractivity contribution in [3.63, 3.8) is 0 Å². The van der Waals surface area contributed by atoms with Crippen LogP contribution in [0.4, 0.5) is 0 Å². The van der Waals surface area contributed by atoms with E-state index in [1.54, 1.807) is 6.92 Å². The Hall–Kier alpha value is -4.66. The smallest absolute Gasteiger partial charge is 0.289 e. The second kappa shape index (κ2) is 16.8. The second-order valence-corrected chi connectivity index (χ2v) is 12.9. The maximum atomic E-state index is 13.5. The Morgan fingerprint density at radius 3 is 2.13 bits per heavy atom. The molecule has 0 heterocycles. The molecule has 9 heteroatoms. The van der Waals surface area contributed by atoms with Crippen molar-refractivity contribution in [2.24, 2.45) is 29.4 Å². The van der Waals surface area contributed by atoms with E-state index in [0.29, 0.717) is 18.8 Å². The molecular formula is C38H45N3O6. The van der Waals surface area contributed by atoms with E-state index in [9.17, 15) is 28.8 Å². The third-order valence-corrected chi connectivity index (χ3v) is 9.04. The zero-order valence-corrected chi connectivity index (χ0v) is 27.2. The summed E-state index contributed by atoms with van der Waals surface area (Å²) in [7, 11) is 0. The number of hydrogen-bond acceptors (Lipinski definition) is 6. The zero-order valence-electron chi connectivity index (χ0n) is 27.2. The first-order valence-electron chi connectivity index (χ1n) is 16.5. The largest absolute Gasteiger partial charge is 0.369 e. The van der Waals surface area contributed by atoms with Gasteiger partial charge in [-0.15, -0.1) is 0 Å². The predicted molar refractivity (Wildman–Crippen MR) is 180 cm³/mol. The fraction of sp³-hybridized carbons (Fsp3) is 0.421. The van der Waals surface area contributed by atoms with Crippen molar-refractivity contribution in [3.8, 4) is 0 Å². The molecule has 3 amide bonds. The lowest BCUT2D eigenvalue weighted by Crippen LogP contribution is -2.52. The number of amides is 3. The van der Waals surface area contributed by atoms with Gasteiger partial charge >= 0.3 is 0 Å². The third kappa shape index (κ3) is 10.7. The number of rotatable bonds is 19. The fourth-order valence-electron chi connectivity index (χ4n) is 5.86. The SMILES string of the molecule is CC[C@H](C)C(NC(=O)[C@@H](CC(=O)Cc1ccccc1)CC1CC1)C(=O)C(=O)NCC(=O)C[C@@H](Cc1ccc2ccccc2c1)C(N)=O. The van der Waals surface area contributed by atoms with Gasteiger partial charge in [0.15, 0.2) is 5.78 Å². The molecule has 0 saturated heterocycles. The summed E-state index contributed by atoms with van der Waals surface area (Å²) in [5.41, 5.74) is 7.35. The van der Waals surface area contributed by atoms with Crippen LogP contribution in [-0.2, 0) is 41.6 Å². The first kappa shape index (κ1) is 35.2. The first-order valence-corrected chi connectivity index (χ1v) is 16.5. The van der Waals surface area contributed by atoms with Crippen molar-refractivity contribution >= 4 is 45.8 Å². The van der Waals surface area contributed by atoms with Crippen molar-refractivity contribution in [3.05, 3.63) is 83.9 Å². The molecule has 9 nitrogen and oxygen atoms in total. The molecule has 4 atom stereocenters. The minimum Gasteiger partial charge on any atom is -0.369 e. The number of primary amides is 1. The van der Waals surface area contributed by atoms with Crippen molar-refractivity contribution < 1.29 is 28.8 Å². The average Bonchev–Trinajstić information content (AvgIpc) is 3.89. The van der Waals surface area contributed by atoms with Gasteiger partial charge in [-0.25, -0.2) is 0 Å². The van der Waals surface area contributed by atoms with Gasteiger partial charge in [-0.1, -0.05) is 106 Å². The third-order valence-electron chi connectivity index (χ3n) is 9.04. The minimum atomic E-state index is -1.11. The van der Waals surface area contributed by atoms with Crippen molar-refractivity contribution in [2.75, 3.05) is 6.54 Å². The van der Waals surface area contributed by atoms with Crippen LogP contribution in [0, 0.1) is 23.7 Å². The molecule has 1 unspecified atom stereocenters. The van der Waals surface area contributed by atoms with Crippen LogP contribution in [0.2, 0.25) is 0 Å². The highest BCUT2D eigenvalue weighted by atomic mass is 16.2. The zero-order chi connectivity index (χ0) is 33.9. The summed E-state index contributed by atoms with van der Waals surface area (Å²) in [5.74, 6) is -4.78. The van der Waals surface area contributed by atoms with Crippen LogP contribution in [0.5, 0.6) is 0 Å².